The lowest BCUT2D eigenvalue weighted by molar-refractivity contribution is 0.0600. The van der Waals surface area contributed by atoms with Crippen LogP contribution < -0.4 is 9.47 Å². The highest BCUT2D eigenvalue weighted by Crippen LogP contribution is 2.35. The summed E-state index contributed by atoms with van der Waals surface area (Å²) in [5.74, 6) is 1.16. The fourth-order valence-electron chi connectivity index (χ4n) is 2.35. The minimum atomic E-state index is -0.327. The number of rotatable bonds is 2. The molecule has 1 aliphatic heterocycles. The monoisotopic (exact) mass is 284 g/mol. The van der Waals surface area contributed by atoms with Gasteiger partial charge in [0.1, 0.15) is 13.2 Å². The number of benzene rings is 2. The first kappa shape index (κ1) is 13.5. The molecule has 0 saturated carbocycles. The predicted octanol–water partition coefficient (Wildman–Crippen LogP) is 3.22. The molecule has 0 aliphatic carbocycles. The Morgan fingerprint density at radius 2 is 1.67 bits per heavy atom. The molecule has 0 unspecified atom stereocenters. The Balaban J connectivity index is 2.02. The molecular formula is C17H16O4. The molecule has 0 radical (unpaired) electrons. The zero-order valence-electron chi connectivity index (χ0n) is 12.0. The maximum Gasteiger partial charge on any atom is 0.338 e. The van der Waals surface area contributed by atoms with Gasteiger partial charge in [-0.2, -0.15) is 0 Å². The van der Waals surface area contributed by atoms with Gasteiger partial charge >= 0.3 is 5.97 Å². The number of ether oxygens (including phenoxy) is 3. The van der Waals surface area contributed by atoms with Gasteiger partial charge in [-0.25, -0.2) is 4.79 Å². The van der Waals surface area contributed by atoms with Crippen molar-refractivity contribution in [2.45, 2.75) is 6.92 Å². The van der Waals surface area contributed by atoms with Crippen LogP contribution in [-0.2, 0) is 4.74 Å². The summed E-state index contributed by atoms with van der Waals surface area (Å²) in [7, 11) is 1.39. The third-order valence-corrected chi connectivity index (χ3v) is 3.52. The summed E-state index contributed by atoms with van der Waals surface area (Å²) < 4.78 is 15.9. The molecule has 0 N–H and O–H groups in total. The SMILES string of the molecule is COC(=O)c1cc(-c2ccc3c(c2)OCCO3)ccc1C. The molecule has 0 aromatic heterocycles. The number of carbonyl (C=O) groups excluding carboxylic acids is 1. The number of fused-ring (bicyclic) bond motifs is 1. The molecule has 4 nitrogen and oxygen atoms in total. The number of hydrogen-bond donors (Lipinski definition) is 0. The van der Waals surface area contributed by atoms with Gasteiger partial charge in [-0.15, -0.1) is 0 Å². The van der Waals surface area contributed by atoms with Gasteiger partial charge in [0.05, 0.1) is 12.7 Å². The predicted molar refractivity (Wildman–Crippen MR) is 78.9 cm³/mol. The van der Waals surface area contributed by atoms with Crippen LogP contribution in [-0.4, -0.2) is 26.3 Å². The van der Waals surface area contributed by atoms with E-state index in [0.29, 0.717) is 18.8 Å². The van der Waals surface area contributed by atoms with Crippen LogP contribution in [0.25, 0.3) is 11.1 Å². The quantitative estimate of drug-likeness (QED) is 0.794. The summed E-state index contributed by atoms with van der Waals surface area (Å²) >= 11 is 0. The molecule has 4 heteroatoms. The molecule has 0 spiro atoms. The van der Waals surface area contributed by atoms with Crippen molar-refractivity contribution in [3.63, 3.8) is 0 Å². The lowest BCUT2D eigenvalue weighted by Crippen LogP contribution is -2.15. The lowest BCUT2D eigenvalue weighted by atomic mass is 9.99. The fraction of sp³-hybridized carbons (Fsp3) is 0.235. The summed E-state index contributed by atoms with van der Waals surface area (Å²) in [6.45, 7) is 3.01. The van der Waals surface area contributed by atoms with Crippen molar-refractivity contribution in [1.82, 2.24) is 0 Å². The maximum atomic E-state index is 11.8. The van der Waals surface area contributed by atoms with E-state index in [4.69, 9.17) is 14.2 Å². The van der Waals surface area contributed by atoms with Crippen molar-refractivity contribution in [2.24, 2.45) is 0 Å². The van der Waals surface area contributed by atoms with E-state index in [2.05, 4.69) is 0 Å². The molecule has 1 aliphatic rings. The second-order valence-electron chi connectivity index (χ2n) is 4.88. The maximum absolute atomic E-state index is 11.8. The second kappa shape index (κ2) is 5.48. The van der Waals surface area contributed by atoms with Crippen molar-refractivity contribution < 1.29 is 19.0 Å². The lowest BCUT2D eigenvalue weighted by Gasteiger charge is -2.19. The minimum absolute atomic E-state index is 0.327. The number of hydrogen-bond acceptors (Lipinski definition) is 4. The second-order valence-corrected chi connectivity index (χ2v) is 4.88. The van der Waals surface area contributed by atoms with Crippen molar-refractivity contribution >= 4 is 5.97 Å². The van der Waals surface area contributed by atoms with Crippen LogP contribution in [0.4, 0.5) is 0 Å². The van der Waals surface area contributed by atoms with Gasteiger partial charge in [-0.3, -0.25) is 0 Å². The molecule has 21 heavy (non-hydrogen) atoms. The molecule has 0 atom stereocenters. The van der Waals surface area contributed by atoms with Crippen molar-refractivity contribution in [3.05, 3.63) is 47.5 Å². The number of aryl methyl sites for hydroxylation is 1. The summed E-state index contributed by atoms with van der Waals surface area (Å²) in [4.78, 5) is 11.8. The molecule has 108 valence electrons. The normalized spacial score (nSPS) is 12.9. The first-order chi connectivity index (χ1) is 10.2. The van der Waals surface area contributed by atoms with Gasteiger partial charge in [0, 0.05) is 0 Å². The molecule has 0 bridgehead atoms. The molecule has 0 saturated heterocycles. The van der Waals surface area contributed by atoms with Gasteiger partial charge < -0.3 is 14.2 Å². The first-order valence-corrected chi connectivity index (χ1v) is 6.78. The van der Waals surface area contributed by atoms with Crippen LogP contribution >= 0.6 is 0 Å². The average Bonchev–Trinajstić information content (AvgIpc) is 2.54. The summed E-state index contributed by atoms with van der Waals surface area (Å²) in [6.07, 6.45) is 0. The Hall–Kier alpha value is -2.49. The zero-order chi connectivity index (χ0) is 14.8. The van der Waals surface area contributed by atoms with Crippen LogP contribution in [0.15, 0.2) is 36.4 Å². The largest absolute Gasteiger partial charge is 0.486 e. The Kier molecular flexibility index (Phi) is 3.52. The van der Waals surface area contributed by atoms with E-state index >= 15 is 0 Å². The highest BCUT2D eigenvalue weighted by Gasteiger charge is 2.14. The topological polar surface area (TPSA) is 44.8 Å². The number of esters is 1. The van der Waals surface area contributed by atoms with Gasteiger partial charge in [0.15, 0.2) is 11.5 Å². The molecule has 2 aromatic carbocycles. The standard InChI is InChI=1S/C17H16O4/c1-11-3-4-12(9-14(11)17(18)19-2)13-5-6-15-16(10-13)21-8-7-20-15/h3-6,9-10H,7-8H2,1-2H3. The molecular weight excluding hydrogens is 268 g/mol. The van der Waals surface area contributed by atoms with Gasteiger partial charge in [0.2, 0.25) is 0 Å². The van der Waals surface area contributed by atoms with Crippen LogP contribution in [0, 0.1) is 6.92 Å². The van der Waals surface area contributed by atoms with Crippen molar-refractivity contribution in [1.29, 1.82) is 0 Å². The first-order valence-electron chi connectivity index (χ1n) is 6.78. The van der Waals surface area contributed by atoms with E-state index in [1.54, 1.807) is 0 Å². The number of carbonyl (C=O) groups is 1. The van der Waals surface area contributed by atoms with E-state index in [1.165, 1.54) is 7.11 Å². The Morgan fingerprint density at radius 3 is 2.43 bits per heavy atom. The van der Waals surface area contributed by atoms with Crippen molar-refractivity contribution in [3.8, 4) is 22.6 Å². The Morgan fingerprint density at radius 1 is 1.00 bits per heavy atom. The number of methoxy groups -OCH3 is 1. The zero-order valence-corrected chi connectivity index (χ0v) is 12.0. The van der Waals surface area contributed by atoms with E-state index in [9.17, 15) is 4.79 Å². The van der Waals surface area contributed by atoms with Gasteiger partial charge in [0.25, 0.3) is 0 Å². The smallest absolute Gasteiger partial charge is 0.338 e. The van der Waals surface area contributed by atoms with Crippen molar-refractivity contribution in [2.75, 3.05) is 20.3 Å². The van der Waals surface area contributed by atoms with E-state index < -0.39 is 0 Å². The van der Waals surface area contributed by atoms with Crippen LogP contribution in [0.5, 0.6) is 11.5 Å². The van der Waals surface area contributed by atoms with Crippen LogP contribution in [0.2, 0.25) is 0 Å². The van der Waals surface area contributed by atoms with E-state index in [1.807, 2.05) is 43.3 Å². The summed E-state index contributed by atoms with van der Waals surface area (Å²) in [5, 5.41) is 0. The third-order valence-electron chi connectivity index (χ3n) is 3.52. The minimum Gasteiger partial charge on any atom is -0.486 e. The van der Waals surface area contributed by atoms with Gasteiger partial charge in [-0.1, -0.05) is 18.2 Å². The van der Waals surface area contributed by atoms with E-state index in [-0.39, 0.29) is 5.97 Å². The highest BCUT2D eigenvalue weighted by molar-refractivity contribution is 5.92. The van der Waals surface area contributed by atoms with E-state index in [0.717, 1.165) is 28.2 Å². The molecule has 3 rings (SSSR count). The molecule has 0 amide bonds. The van der Waals surface area contributed by atoms with Crippen LogP contribution in [0.1, 0.15) is 15.9 Å². The fourth-order valence-corrected chi connectivity index (χ4v) is 2.35. The summed E-state index contributed by atoms with van der Waals surface area (Å²) in [6, 6.07) is 11.5. The Bertz CT molecular complexity index is 691. The third kappa shape index (κ3) is 2.57. The molecule has 0 fully saturated rings. The molecule has 1 heterocycles. The van der Waals surface area contributed by atoms with Crippen LogP contribution in [0.3, 0.4) is 0 Å². The molecule has 2 aromatic rings. The van der Waals surface area contributed by atoms with Gasteiger partial charge in [-0.05, 0) is 41.8 Å². The highest BCUT2D eigenvalue weighted by atomic mass is 16.6. The Labute approximate surface area is 123 Å². The summed E-state index contributed by atoms with van der Waals surface area (Å²) in [5.41, 5.74) is 3.38. The average molecular weight is 284 g/mol.